The van der Waals surface area contributed by atoms with Crippen LogP contribution in [-0.2, 0) is 9.22 Å². The van der Waals surface area contributed by atoms with Gasteiger partial charge in [-0.2, -0.15) is 0 Å². The molecule has 0 atom stereocenters. The fourth-order valence-electron chi connectivity index (χ4n) is 0.814. The van der Waals surface area contributed by atoms with Crippen molar-refractivity contribution in [3.8, 4) is 0 Å². The van der Waals surface area contributed by atoms with E-state index in [2.05, 4.69) is 0 Å². The Bertz CT molecular complexity index is 284. The maximum Gasteiger partial charge on any atom is 0.355 e. The molecule has 0 aliphatic rings. The molecule has 0 amide bonds. The van der Waals surface area contributed by atoms with E-state index in [0.717, 1.165) is 10.8 Å². The number of hydrogen-bond acceptors (Lipinski definition) is 2. The van der Waals surface area contributed by atoms with Gasteiger partial charge in [-0.25, -0.2) is 0 Å². The highest BCUT2D eigenvalue weighted by Gasteiger charge is 2.02. The summed E-state index contributed by atoms with van der Waals surface area (Å²) < 4.78 is 4.90. The molecule has 0 aromatic heterocycles. The van der Waals surface area contributed by atoms with Gasteiger partial charge in [0.05, 0.1) is 0 Å². The van der Waals surface area contributed by atoms with Crippen LogP contribution in [-0.4, -0.2) is 15.7 Å². The highest BCUT2D eigenvalue weighted by atomic mass is 28.2. The number of rotatable bonds is 2. The Balaban J connectivity index is 2.63. The molecule has 0 heterocycles. The Morgan fingerprint density at radius 3 is 2.67 bits per heavy atom. The molecule has 1 aromatic carbocycles. The molecule has 2 nitrogen and oxygen atoms in total. The standard InChI is InChI=1S/C9H10O2Si/c1-7-5-3-4-6-9(7)12-11-8(2)10/h3-6H,1-2H3. The molecule has 0 fully saturated rings. The van der Waals surface area contributed by atoms with Crippen molar-refractivity contribution in [2.75, 3.05) is 0 Å². The second kappa shape index (κ2) is 4.06. The van der Waals surface area contributed by atoms with Crippen LogP contribution >= 0.6 is 0 Å². The van der Waals surface area contributed by atoms with Crippen LogP contribution in [0, 0.1) is 6.92 Å². The van der Waals surface area contributed by atoms with Crippen LogP contribution < -0.4 is 5.19 Å². The molecule has 2 radical (unpaired) electrons. The number of aryl methyl sites for hydroxylation is 1. The summed E-state index contributed by atoms with van der Waals surface area (Å²) in [4.78, 5) is 10.5. The van der Waals surface area contributed by atoms with Crippen LogP contribution in [0.2, 0.25) is 0 Å². The van der Waals surface area contributed by atoms with E-state index in [1.54, 1.807) is 0 Å². The normalized spacial score (nSPS) is 9.50. The van der Waals surface area contributed by atoms with Crippen molar-refractivity contribution < 1.29 is 9.22 Å². The molecule has 0 unspecified atom stereocenters. The lowest BCUT2D eigenvalue weighted by Crippen LogP contribution is -2.21. The smallest absolute Gasteiger partial charge is 0.355 e. The maximum absolute atomic E-state index is 10.5. The van der Waals surface area contributed by atoms with E-state index in [1.807, 2.05) is 31.2 Å². The van der Waals surface area contributed by atoms with Crippen molar-refractivity contribution >= 4 is 20.9 Å². The fourth-order valence-corrected chi connectivity index (χ4v) is 1.48. The molecule has 3 heteroatoms. The van der Waals surface area contributed by atoms with Gasteiger partial charge in [-0.05, 0) is 17.7 Å². The molecule has 1 rings (SSSR count). The van der Waals surface area contributed by atoms with E-state index in [9.17, 15) is 4.79 Å². The Hall–Kier alpha value is -1.09. The quantitative estimate of drug-likeness (QED) is 0.626. The summed E-state index contributed by atoms with van der Waals surface area (Å²) in [5, 5.41) is 1.09. The Morgan fingerprint density at radius 2 is 2.08 bits per heavy atom. The third-order valence-electron chi connectivity index (χ3n) is 1.45. The summed E-state index contributed by atoms with van der Waals surface area (Å²) in [5.41, 5.74) is 1.16. The lowest BCUT2D eigenvalue weighted by atomic mass is 10.2. The van der Waals surface area contributed by atoms with Crippen LogP contribution in [0.15, 0.2) is 24.3 Å². The summed E-state index contributed by atoms with van der Waals surface area (Å²) >= 11 is 0. The van der Waals surface area contributed by atoms with E-state index in [0.29, 0.717) is 0 Å². The number of hydrogen-bond donors (Lipinski definition) is 0. The van der Waals surface area contributed by atoms with Crippen LogP contribution in [0.1, 0.15) is 12.5 Å². The zero-order chi connectivity index (χ0) is 8.97. The first-order valence-corrected chi connectivity index (χ1v) is 4.60. The number of benzene rings is 1. The zero-order valence-corrected chi connectivity index (χ0v) is 8.13. The van der Waals surface area contributed by atoms with Crippen molar-refractivity contribution in [2.45, 2.75) is 13.8 Å². The van der Waals surface area contributed by atoms with Crippen LogP contribution in [0.25, 0.3) is 0 Å². The molecular weight excluding hydrogens is 168 g/mol. The average molecular weight is 178 g/mol. The molecule has 0 spiro atoms. The minimum Gasteiger partial charge on any atom is -0.511 e. The van der Waals surface area contributed by atoms with Gasteiger partial charge in [-0.3, -0.25) is 4.79 Å². The molecule has 1 aromatic rings. The van der Waals surface area contributed by atoms with E-state index in [1.165, 1.54) is 6.92 Å². The largest absolute Gasteiger partial charge is 0.511 e. The second-order valence-corrected chi connectivity index (χ2v) is 3.46. The molecule has 0 saturated carbocycles. The first-order valence-electron chi connectivity index (χ1n) is 3.69. The monoisotopic (exact) mass is 178 g/mol. The third kappa shape index (κ3) is 2.51. The predicted octanol–water partition coefficient (Wildman–Crippen LogP) is 0.803. The summed E-state index contributed by atoms with van der Waals surface area (Å²) in [6.07, 6.45) is 0. The van der Waals surface area contributed by atoms with E-state index in [4.69, 9.17) is 4.43 Å². The Morgan fingerprint density at radius 1 is 1.42 bits per heavy atom. The second-order valence-electron chi connectivity index (χ2n) is 2.51. The highest BCUT2D eigenvalue weighted by molar-refractivity contribution is 6.49. The first-order chi connectivity index (χ1) is 5.70. The van der Waals surface area contributed by atoms with Gasteiger partial charge in [0.2, 0.25) is 0 Å². The van der Waals surface area contributed by atoms with Gasteiger partial charge in [0.25, 0.3) is 5.97 Å². The van der Waals surface area contributed by atoms with Gasteiger partial charge >= 0.3 is 9.76 Å². The predicted molar refractivity (Wildman–Crippen MR) is 48.3 cm³/mol. The van der Waals surface area contributed by atoms with Gasteiger partial charge in [-0.15, -0.1) is 0 Å². The first kappa shape index (κ1) is 9.00. The van der Waals surface area contributed by atoms with E-state index in [-0.39, 0.29) is 15.7 Å². The maximum atomic E-state index is 10.5. The lowest BCUT2D eigenvalue weighted by molar-refractivity contribution is -0.131. The molecule has 0 aliphatic carbocycles. The molecular formula is C9H10O2Si. The minimum atomic E-state index is -0.225. The van der Waals surface area contributed by atoms with Crippen LogP contribution in [0.3, 0.4) is 0 Å². The fraction of sp³-hybridized carbons (Fsp3) is 0.222. The number of carbonyl (C=O) groups is 1. The van der Waals surface area contributed by atoms with Gasteiger partial charge in [0, 0.05) is 6.92 Å². The van der Waals surface area contributed by atoms with Crippen molar-refractivity contribution in [1.82, 2.24) is 0 Å². The minimum absolute atomic E-state index is 0.134. The SMILES string of the molecule is CC(=O)O[Si]c1ccccc1C. The summed E-state index contributed by atoms with van der Waals surface area (Å²) in [6, 6.07) is 7.89. The van der Waals surface area contributed by atoms with Crippen molar-refractivity contribution in [1.29, 1.82) is 0 Å². The van der Waals surface area contributed by atoms with E-state index < -0.39 is 0 Å². The van der Waals surface area contributed by atoms with Crippen LogP contribution in [0.4, 0.5) is 0 Å². The van der Waals surface area contributed by atoms with Crippen molar-refractivity contribution in [2.24, 2.45) is 0 Å². The lowest BCUT2D eigenvalue weighted by Gasteiger charge is -2.02. The molecule has 0 bridgehead atoms. The number of carbonyl (C=O) groups excluding carboxylic acids is 1. The average Bonchev–Trinajstić information content (AvgIpc) is 2.03. The van der Waals surface area contributed by atoms with Gasteiger partial charge < -0.3 is 4.43 Å². The topological polar surface area (TPSA) is 26.3 Å². The molecule has 12 heavy (non-hydrogen) atoms. The van der Waals surface area contributed by atoms with Gasteiger partial charge in [0.1, 0.15) is 0 Å². The third-order valence-corrected chi connectivity index (χ3v) is 2.62. The summed E-state index contributed by atoms with van der Waals surface area (Å²) in [5.74, 6) is -0.225. The van der Waals surface area contributed by atoms with Crippen molar-refractivity contribution in [3.63, 3.8) is 0 Å². The highest BCUT2D eigenvalue weighted by Crippen LogP contribution is 1.91. The zero-order valence-electron chi connectivity index (χ0n) is 7.13. The van der Waals surface area contributed by atoms with Gasteiger partial charge in [-0.1, -0.05) is 24.3 Å². The summed E-state index contributed by atoms with van der Waals surface area (Å²) in [7, 11) is 0.134. The summed E-state index contributed by atoms with van der Waals surface area (Å²) in [6.45, 7) is 3.43. The van der Waals surface area contributed by atoms with Crippen LogP contribution in [0.5, 0.6) is 0 Å². The Labute approximate surface area is 74.5 Å². The van der Waals surface area contributed by atoms with Crippen molar-refractivity contribution in [3.05, 3.63) is 29.8 Å². The van der Waals surface area contributed by atoms with E-state index >= 15 is 0 Å². The van der Waals surface area contributed by atoms with Gasteiger partial charge in [0.15, 0.2) is 0 Å². The molecule has 0 saturated heterocycles. The molecule has 0 N–H and O–H groups in total. The Kier molecular flexibility index (Phi) is 3.05. The molecule has 0 aliphatic heterocycles. The molecule has 62 valence electrons.